The normalized spacial score (nSPS) is 11.0. The van der Waals surface area contributed by atoms with Gasteiger partial charge in [-0.05, 0) is 28.8 Å². The molecule has 180 valence electrons. The van der Waals surface area contributed by atoms with Gasteiger partial charge in [0.1, 0.15) is 11.5 Å². The molecule has 5 rings (SSSR count). The fourth-order valence-electron chi connectivity index (χ4n) is 4.08. The highest BCUT2D eigenvalue weighted by Crippen LogP contribution is 2.28. The molecule has 0 saturated heterocycles. The maximum atomic E-state index is 13.0. The first-order valence-corrected chi connectivity index (χ1v) is 12.0. The van der Waals surface area contributed by atoms with Gasteiger partial charge in [0, 0.05) is 23.7 Å². The van der Waals surface area contributed by atoms with Crippen molar-refractivity contribution in [3.63, 3.8) is 0 Å². The van der Waals surface area contributed by atoms with Crippen LogP contribution in [0.25, 0.3) is 22.6 Å². The Labute approximate surface area is 208 Å². The van der Waals surface area contributed by atoms with Crippen LogP contribution in [0, 0.1) is 0 Å². The summed E-state index contributed by atoms with van der Waals surface area (Å²) in [7, 11) is 0. The van der Waals surface area contributed by atoms with Crippen molar-refractivity contribution in [1.29, 1.82) is 0 Å². The maximum Gasteiger partial charge on any atom is 0.232 e. The van der Waals surface area contributed by atoms with E-state index < -0.39 is 0 Å². The third kappa shape index (κ3) is 5.10. The van der Waals surface area contributed by atoms with E-state index in [2.05, 4.69) is 54.7 Å². The maximum absolute atomic E-state index is 13.0. The molecule has 3 heterocycles. The van der Waals surface area contributed by atoms with E-state index in [9.17, 15) is 4.79 Å². The van der Waals surface area contributed by atoms with Crippen molar-refractivity contribution in [3.05, 3.63) is 95.7 Å². The average molecular weight is 479 g/mol. The Kier molecular flexibility index (Phi) is 6.98. The molecule has 36 heavy (non-hydrogen) atoms. The third-order valence-electron chi connectivity index (χ3n) is 5.95. The molecular formula is C27H26N8O. The zero-order valence-electron chi connectivity index (χ0n) is 20.0. The zero-order valence-corrected chi connectivity index (χ0v) is 20.0. The van der Waals surface area contributed by atoms with Crippen molar-refractivity contribution in [2.24, 2.45) is 0 Å². The van der Waals surface area contributed by atoms with Crippen molar-refractivity contribution in [3.8, 4) is 22.6 Å². The number of carbonyl (C=O) groups is 1. The van der Waals surface area contributed by atoms with Crippen molar-refractivity contribution in [2.75, 3.05) is 0 Å². The number of hydrogen-bond donors (Lipinski definition) is 1. The van der Waals surface area contributed by atoms with Crippen LogP contribution in [0.4, 0.5) is 0 Å². The lowest BCUT2D eigenvalue weighted by atomic mass is 10.0. The van der Waals surface area contributed by atoms with Crippen LogP contribution in [0.3, 0.4) is 0 Å². The van der Waals surface area contributed by atoms with Crippen molar-refractivity contribution < 1.29 is 4.79 Å². The molecule has 2 aromatic carbocycles. The monoisotopic (exact) mass is 478 g/mol. The standard InChI is InChI=1S/C27H26N8O/c1-2-3-5-12-23-29-27(25(36)21-9-6-4-7-10-21)32-35(23)18-19-13-15-20(16-14-19)22-11-8-17-28-24(22)26-30-33-34-31-26/h4,6-11,13-17H,2-3,5,12,18H2,1H3,(H,30,31,33,34). The number of nitrogens with one attached hydrogen (secondary N) is 1. The van der Waals surface area contributed by atoms with E-state index in [0.717, 1.165) is 48.2 Å². The van der Waals surface area contributed by atoms with Crippen LogP contribution in [0.15, 0.2) is 72.9 Å². The summed E-state index contributed by atoms with van der Waals surface area (Å²) in [6, 6.07) is 21.2. The molecule has 0 radical (unpaired) electrons. The topological polar surface area (TPSA) is 115 Å². The molecule has 1 N–H and O–H groups in total. The number of aromatic amines is 1. The van der Waals surface area contributed by atoms with Gasteiger partial charge >= 0.3 is 0 Å². The van der Waals surface area contributed by atoms with E-state index in [0.29, 0.717) is 23.6 Å². The van der Waals surface area contributed by atoms with Crippen LogP contribution < -0.4 is 0 Å². The molecule has 3 aromatic heterocycles. The summed E-state index contributed by atoms with van der Waals surface area (Å²) in [6.45, 7) is 2.70. The Morgan fingerprint density at radius 3 is 2.56 bits per heavy atom. The molecule has 0 fully saturated rings. The number of nitrogens with zero attached hydrogens (tertiary/aromatic N) is 7. The summed E-state index contributed by atoms with van der Waals surface area (Å²) in [5, 5.41) is 18.9. The van der Waals surface area contributed by atoms with Gasteiger partial charge in [-0.3, -0.25) is 9.78 Å². The van der Waals surface area contributed by atoms with E-state index in [-0.39, 0.29) is 11.6 Å². The lowest BCUT2D eigenvalue weighted by Gasteiger charge is -2.09. The summed E-state index contributed by atoms with van der Waals surface area (Å²) in [6.07, 6.45) is 5.73. The van der Waals surface area contributed by atoms with E-state index in [4.69, 9.17) is 0 Å². The zero-order chi connectivity index (χ0) is 24.7. The number of aromatic nitrogens is 8. The Morgan fingerprint density at radius 2 is 1.81 bits per heavy atom. The van der Waals surface area contributed by atoms with Gasteiger partial charge in [-0.2, -0.15) is 5.21 Å². The molecular weight excluding hydrogens is 452 g/mol. The summed E-state index contributed by atoms with van der Waals surface area (Å²) in [5.74, 6) is 1.36. The average Bonchev–Trinajstić information content (AvgIpc) is 3.60. The second kappa shape index (κ2) is 10.8. The van der Waals surface area contributed by atoms with Gasteiger partial charge in [0.15, 0.2) is 0 Å². The highest BCUT2D eigenvalue weighted by Gasteiger charge is 2.18. The molecule has 9 heteroatoms. The van der Waals surface area contributed by atoms with Crippen LogP contribution in [0.1, 0.15) is 53.8 Å². The second-order valence-corrected chi connectivity index (χ2v) is 8.49. The number of rotatable bonds is 10. The predicted molar refractivity (Wildman–Crippen MR) is 135 cm³/mol. The number of hydrogen-bond acceptors (Lipinski definition) is 7. The molecule has 0 spiro atoms. The van der Waals surface area contributed by atoms with Crippen LogP contribution >= 0.6 is 0 Å². The van der Waals surface area contributed by atoms with Crippen molar-refractivity contribution in [1.82, 2.24) is 40.4 Å². The van der Waals surface area contributed by atoms with Crippen LogP contribution in [-0.2, 0) is 13.0 Å². The fourth-order valence-corrected chi connectivity index (χ4v) is 4.08. The summed E-state index contributed by atoms with van der Waals surface area (Å²) < 4.78 is 1.86. The first kappa shape index (κ1) is 23.2. The van der Waals surface area contributed by atoms with Crippen LogP contribution in [0.5, 0.6) is 0 Å². The molecule has 0 unspecified atom stereocenters. The number of unbranched alkanes of at least 4 members (excludes halogenated alkanes) is 2. The van der Waals surface area contributed by atoms with E-state index >= 15 is 0 Å². The molecule has 0 aliphatic carbocycles. The number of H-pyrrole nitrogens is 1. The molecule has 0 bridgehead atoms. The van der Waals surface area contributed by atoms with Gasteiger partial charge in [0.2, 0.25) is 17.4 Å². The predicted octanol–water partition coefficient (Wildman–Crippen LogP) is 4.53. The number of carbonyl (C=O) groups excluding carboxylic acids is 1. The quantitative estimate of drug-likeness (QED) is 0.232. The van der Waals surface area contributed by atoms with E-state index in [1.54, 1.807) is 18.3 Å². The molecule has 0 aliphatic heterocycles. The van der Waals surface area contributed by atoms with Gasteiger partial charge in [0.25, 0.3) is 0 Å². The lowest BCUT2D eigenvalue weighted by molar-refractivity contribution is 0.102. The smallest absolute Gasteiger partial charge is 0.232 e. The fraction of sp³-hybridized carbons (Fsp3) is 0.222. The summed E-state index contributed by atoms with van der Waals surface area (Å²) in [4.78, 5) is 22.0. The molecule has 0 atom stereocenters. The minimum Gasteiger partial charge on any atom is -0.285 e. The second-order valence-electron chi connectivity index (χ2n) is 8.49. The number of benzene rings is 2. The molecule has 9 nitrogen and oxygen atoms in total. The Morgan fingerprint density at radius 1 is 0.972 bits per heavy atom. The van der Waals surface area contributed by atoms with E-state index in [1.165, 1.54) is 0 Å². The number of pyridine rings is 1. The number of tetrazole rings is 1. The van der Waals surface area contributed by atoms with Gasteiger partial charge in [-0.15, -0.1) is 15.3 Å². The number of aryl methyl sites for hydroxylation is 1. The Bertz CT molecular complexity index is 1430. The lowest BCUT2D eigenvalue weighted by Crippen LogP contribution is -2.08. The van der Waals surface area contributed by atoms with Gasteiger partial charge in [0.05, 0.1) is 6.54 Å². The number of ketones is 1. The van der Waals surface area contributed by atoms with Crippen molar-refractivity contribution in [2.45, 2.75) is 39.2 Å². The highest BCUT2D eigenvalue weighted by molar-refractivity contribution is 6.06. The molecule has 0 saturated carbocycles. The SMILES string of the molecule is CCCCCc1nc(C(=O)c2ccccc2)nn1Cc1ccc(-c2cccnc2-c2nn[nH]n2)cc1. The first-order chi connectivity index (χ1) is 17.7. The highest BCUT2D eigenvalue weighted by atomic mass is 16.1. The summed E-state index contributed by atoms with van der Waals surface area (Å²) in [5.41, 5.74) is 4.23. The van der Waals surface area contributed by atoms with Crippen LogP contribution in [0.2, 0.25) is 0 Å². The van der Waals surface area contributed by atoms with Crippen LogP contribution in [-0.4, -0.2) is 46.2 Å². The van der Waals surface area contributed by atoms with Gasteiger partial charge < -0.3 is 0 Å². The summed E-state index contributed by atoms with van der Waals surface area (Å²) >= 11 is 0. The largest absolute Gasteiger partial charge is 0.285 e. The van der Waals surface area contributed by atoms with Crippen molar-refractivity contribution >= 4 is 5.78 Å². The Balaban J connectivity index is 1.40. The molecule has 5 aromatic rings. The third-order valence-corrected chi connectivity index (χ3v) is 5.95. The van der Waals surface area contributed by atoms with Gasteiger partial charge in [-0.25, -0.2) is 9.67 Å². The van der Waals surface area contributed by atoms with E-state index in [1.807, 2.05) is 47.1 Å². The first-order valence-electron chi connectivity index (χ1n) is 12.0. The Hall–Kier alpha value is -4.53. The minimum absolute atomic E-state index is 0.160. The molecule has 0 aliphatic rings. The molecule has 0 amide bonds. The minimum atomic E-state index is -0.160. The van der Waals surface area contributed by atoms with Gasteiger partial charge in [-0.1, -0.05) is 80.4 Å².